The summed E-state index contributed by atoms with van der Waals surface area (Å²) < 4.78 is 82.1. The number of rotatable bonds is 4. The Morgan fingerprint density at radius 2 is 1.64 bits per heavy atom. The van der Waals surface area contributed by atoms with Crippen LogP contribution in [0.3, 0.4) is 0 Å². The van der Waals surface area contributed by atoms with Gasteiger partial charge in [-0.3, -0.25) is 9.69 Å². The third-order valence-corrected chi connectivity index (χ3v) is 7.78. The van der Waals surface area contributed by atoms with Crippen molar-refractivity contribution in [1.29, 1.82) is 0 Å². The Balaban J connectivity index is 1.37. The lowest BCUT2D eigenvalue weighted by Gasteiger charge is -2.44. The molecule has 1 aromatic rings. The van der Waals surface area contributed by atoms with E-state index in [0.29, 0.717) is 6.54 Å². The van der Waals surface area contributed by atoms with Gasteiger partial charge in [0, 0.05) is 45.0 Å². The van der Waals surface area contributed by atoms with E-state index >= 15 is 0 Å². The second-order valence-corrected chi connectivity index (χ2v) is 10.3. The van der Waals surface area contributed by atoms with E-state index in [0.717, 1.165) is 36.7 Å². The van der Waals surface area contributed by atoms with Gasteiger partial charge in [-0.1, -0.05) is 0 Å². The molecule has 0 aromatic carbocycles. The number of amides is 2. The second-order valence-electron chi connectivity index (χ2n) is 10.3. The number of carbonyl (C=O) groups excluding carboxylic acids is 2. The highest BCUT2D eigenvalue weighted by atomic mass is 19.4. The molecule has 1 aromatic heterocycles. The highest BCUT2D eigenvalue weighted by Crippen LogP contribution is 2.40. The number of piperidine rings is 1. The first kappa shape index (κ1) is 26.6. The van der Waals surface area contributed by atoms with Crippen LogP contribution in [0.5, 0.6) is 0 Å². The van der Waals surface area contributed by atoms with Gasteiger partial charge >= 0.3 is 18.4 Å². The fourth-order valence-corrected chi connectivity index (χ4v) is 4.73. The zero-order valence-corrected chi connectivity index (χ0v) is 20.2. The van der Waals surface area contributed by atoms with Crippen LogP contribution in [0.2, 0.25) is 0 Å². The van der Waals surface area contributed by atoms with Crippen molar-refractivity contribution in [3.8, 4) is 0 Å². The Kier molecular flexibility index (Phi) is 6.54. The molecule has 0 bridgehead atoms. The predicted octanol–water partition coefficient (Wildman–Crippen LogP) is 2.38. The monoisotopic (exact) mass is 523 g/mol. The maximum Gasteiger partial charge on any atom is 0.434 e. The van der Waals surface area contributed by atoms with E-state index < -0.39 is 30.1 Å². The van der Waals surface area contributed by atoms with Crippen molar-refractivity contribution in [2.45, 2.75) is 75.1 Å². The average molecular weight is 523 g/mol. The van der Waals surface area contributed by atoms with Crippen molar-refractivity contribution in [3.05, 3.63) is 17.7 Å². The summed E-state index contributed by atoms with van der Waals surface area (Å²) in [6, 6.07) is 0. The van der Waals surface area contributed by atoms with Crippen molar-refractivity contribution < 1.29 is 40.7 Å². The lowest BCUT2D eigenvalue weighted by atomic mass is 9.88. The van der Waals surface area contributed by atoms with E-state index in [-0.39, 0.29) is 43.0 Å². The number of aromatic nitrogens is 2. The highest BCUT2D eigenvalue weighted by Gasteiger charge is 2.60. The quantitative estimate of drug-likeness (QED) is 0.448. The topological polar surface area (TPSA) is 70.9 Å². The number of ether oxygens (including phenoxy) is 1. The lowest BCUT2D eigenvalue weighted by molar-refractivity contribution is -0.308. The number of imidazole rings is 1. The minimum absolute atomic E-state index is 0.146. The van der Waals surface area contributed by atoms with Crippen LogP contribution in [-0.2, 0) is 17.8 Å². The van der Waals surface area contributed by atoms with E-state index in [9.17, 15) is 35.9 Å². The molecule has 3 heterocycles. The van der Waals surface area contributed by atoms with Gasteiger partial charge in [0.2, 0.25) is 0 Å². The second kappa shape index (κ2) is 8.84. The zero-order chi connectivity index (χ0) is 26.7. The number of fused-ring (bicyclic) bond motifs is 1. The first-order valence-corrected chi connectivity index (χ1v) is 11.7. The number of likely N-dealkylation sites (tertiary alicyclic amines) is 1. The van der Waals surface area contributed by atoms with Gasteiger partial charge < -0.3 is 19.1 Å². The number of alkyl halides is 6. The van der Waals surface area contributed by atoms with Crippen molar-refractivity contribution in [3.63, 3.8) is 0 Å². The molecule has 2 amide bonds. The minimum Gasteiger partial charge on any atom is -0.426 e. The van der Waals surface area contributed by atoms with Gasteiger partial charge in [0.25, 0.3) is 12.0 Å². The summed E-state index contributed by atoms with van der Waals surface area (Å²) in [6.07, 6.45) is -13.2. The zero-order valence-electron chi connectivity index (χ0n) is 20.2. The fourth-order valence-electron chi connectivity index (χ4n) is 4.73. The SMILES string of the molecule is BC1(N2CCn3cc(C(=O)N(C)C4(C)CCN(C(=O)OC(C(F)(F)F)C(F)(F)F)CC4)nc3C2)CC1. The predicted molar refractivity (Wildman–Crippen MR) is 117 cm³/mol. The van der Waals surface area contributed by atoms with Crippen molar-refractivity contribution in [2.24, 2.45) is 0 Å². The van der Waals surface area contributed by atoms with E-state index in [1.807, 2.05) is 4.57 Å². The summed E-state index contributed by atoms with van der Waals surface area (Å²) in [6.45, 7) is 3.67. The highest BCUT2D eigenvalue weighted by molar-refractivity contribution is 6.17. The number of hydrogen-bond acceptors (Lipinski definition) is 5. The molecule has 0 spiro atoms. The standard InChI is InChI=1S/C21H28BF6N5O3/c1-18(5-7-31(8-6-18)17(35)36-16(20(23,24)25)21(26,27)28)30(2)15(34)13-11-32-9-10-33(12-14(32)29-13)19(22)3-4-19/h11,16H,3-10,12,22H2,1-2H3. The van der Waals surface area contributed by atoms with Crippen LogP contribution in [0.1, 0.15) is 48.9 Å². The molecule has 1 saturated heterocycles. The van der Waals surface area contributed by atoms with Crippen molar-refractivity contribution >= 4 is 19.8 Å². The largest absolute Gasteiger partial charge is 0.434 e. The first-order chi connectivity index (χ1) is 16.5. The molecule has 15 heteroatoms. The third kappa shape index (κ3) is 5.16. The number of halogens is 6. The van der Waals surface area contributed by atoms with Crippen LogP contribution in [0, 0.1) is 0 Å². The molecule has 1 aliphatic carbocycles. The van der Waals surface area contributed by atoms with Gasteiger partial charge in [-0.25, -0.2) is 9.78 Å². The van der Waals surface area contributed by atoms with E-state index in [1.54, 1.807) is 20.2 Å². The van der Waals surface area contributed by atoms with Crippen LogP contribution in [-0.4, -0.2) is 100 Å². The van der Waals surface area contributed by atoms with Crippen LogP contribution < -0.4 is 0 Å². The van der Waals surface area contributed by atoms with Crippen LogP contribution in [0.15, 0.2) is 6.20 Å². The Morgan fingerprint density at radius 1 is 1.06 bits per heavy atom. The normalized spacial score (nSPS) is 21.8. The molecule has 200 valence electrons. The molecule has 2 aliphatic heterocycles. The Labute approximate surface area is 204 Å². The molecule has 2 fully saturated rings. The van der Waals surface area contributed by atoms with Crippen LogP contribution in [0.25, 0.3) is 0 Å². The van der Waals surface area contributed by atoms with Gasteiger partial charge in [-0.2, -0.15) is 26.3 Å². The molecule has 36 heavy (non-hydrogen) atoms. The molecule has 1 saturated carbocycles. The summed E-state index contributed by atoms with van der Waals surface area (Å²) in [5, 5.41) is 0. The molecule has 0 N–H and O–H groups in total. The molecule has 3 aliphatic rings. The molecular formula is C21H28BF6N5O3. The smallest absolute Gasteiger partial charge is 0.426 e. The van der Waals surface area contributed by atoms with Crippen molar-refractivity contribution in [1.82, 2.24) is 24.3 Å². The van der Waals surface area contributed by atoms with Gasteiger partial charge in [-0.05, 0) is 38.0 Å². The number of nitrogens with zero attached hydrogens (tertiary/aromatic N) is 5. The Morgan fingerprint density at radius 3 is 2.17 bits per heavy atom. The van der Waals surface area contributed by atoms with E-state index in [2.05, 4.69) is 22.5 Å². The summed E-state index contributed by atoms with van der Waals surface area (Å²) >= 11 is 0. The maximum absolute atomic E-state index is 13.2. The maximum atomic E-state index is 13.2. The molecular weight excluding hydrogens is 495 g/mol. The van der Waals surface area contributed by atoms with E-state index in [4.69, 9.17) is 0 Å². The summed E-state index contributed by atoms with van der Waals surface area (Å²) in [4.78, 5) is 34.5. The Bertz CT molecular complexity index is 1000. The van der Waals surface area contributed by atoms with Crippen LogP contribution >= 0.6 is 0 Å². The third-order valence-electron chi connectivity index (χ3n) is 7.78. The fraction of sp³-hybridized carbons (Fsp3) is 0.762. The summed E-state index contributed by atoms with van der Waals surface area (Å²) in [5.41, 5.74) is -0.309. The van der Waals surface area contributed by atoms with Crippen LogP contribution in [0.4, 0.5) is 31.1 Å². The lowest BCUT2D eigenvalue weighted by Crippen LogP contribution is -2.56. The summed E-state index contributed by atoms with van der Waals surface area (Å²) in [7, 11) is 3.79. The van der Waals surface area contributed by atoms with Gasteiger partial charge in [-0.15, -0.1) is 0 Å². The van der Waals surface area contributed by atoms with Gasteiger partial charge in [0.1, 0.15) is 19.4 Å². The van der Waals surface area contributed by atoms with Gasteiger partial charge in [0.05, 0.1) is 6.54 Å². The number of hydrogen-bond donors (Lipinski definition) is 0. The average Bonchev–Trinajstić information content (AvgIpc) is 3.39. The molecule has 0 radical (unpaired) electrons. The first-order valence-electron chi connectivity index (χ1n) is 11.7. The molecule has 8 nitrogen and oxygen atoms in total. The molecule has 0 unspecified atom stereocenters. The molecule has 0 atom stereocenters. The molecule has 4 rings (SSSR count). The number of carbonyl (C=O) groups is 2. The van der Waals surface area contributed by atoms with E-state index in [1.165, 1.54) is 4.90 Å². The summed E-state index contributed by atoms with van der Waals surface area (Å²) in [5.74, 6) is 0.464. The van der Waals surface area contributed by atoms with Gasteiger partial charge in [0.15, 0.2) is 0 Å². The minimum atomic E-state index is -5.78. The van der Waals surface area contributed by atoms with Crippen molar-refractivity contribution in [2.75, 3.05) is 26.7 Å². The Hall–Kier alpha value is -2.45.